The second-order valence-corrected chi connectivity index (χ2v) is 16.6. The van der Waals surface area contributed by atoms with Crippen molar-refractivity contribution < 1.29 is 0 Å². The molecule has 11 rings (SSSR count). The molecule has 2 aliphatic rings. The second kappa shape index (κ2) is 13.0. The molecule has 9 aromatic carbocycles. The molecule has 58 heavy (non-hydrogen) atoms. The standard InChI is InChI=1S/C57H43N/c1-56(2)51-27-16-25-48(54(51)49-35-31-40-19-10-11-22-44(40)55(49)56)47-24-13-15-28-53(47)58(42-32-29-39(30-33-42)38-17-6-4-7-18-38)43-34-36-46-45-23-12-14-26-50(45)57(3,52(46)37-43)41-20-8-5-9-21-41/h4-37H,1-3H3. The van der Waals surface area contributed by atoms with Crippen LogP contribution in [0.15, 0.2) is 206 Å². The molecule has 0 bridgehead atoms. The minimum Gasteiger partial charge on any atom is -0.310 e. The maximum atomic E-state index is 2.49. The molecule has 0 N–H and O–H groups in total. The van der Waals surface area contributed by atoms with Crippen LogP contribution in [0.3, 0.4) is 0 Å². The van der Waals surface area contributed by atoms with Gasteiger partial charge >= 0.3 is 0 Å². The van der Waals surface area contributed by atoms with Gasteiger partial charge in [0.1, 0.15) is 0 Å². The van der Waals surface area contributed by atoms with E-state index in [-0.39, 0.29) is 10.8 Å². The Balaban J connectivity index is 1.14. The molecule has 1 unspecified atom stereocenters. The van der Waals surface area contributed by atoms with E-state index in [4.69, 9.17) is 0 Å². The number of fused-ring (bicyclic) bond motifs is 8. The van der Waals surface area contributed by atoms with E-state index in [1.165, 1.54) is 83.1 Å². The number of hydrogen-bond donors (Lipinski definition) is 0. The van der Waals surface area contributed by atoms with E-state index in [0.29, 0.717) is 0 Å². The fourth-order valence-corrected chi connectivity index (χ4v) is 10.3. The van der Waals surface area contributed by atoms with Crippen molar-refractivity contribution in [2.45, 2.75) is 31.6 Å². The van der Waals surface area contributed by atoms with Gasteiger partial charge < -0.3 is 4.90 Å². The quantitative estimate of drug-likeness (QED) is 0.164. The summed E-state index contributed by atoms with van der Waals surface area (Å²) in [5.41, 5.74) is 19.8. The fourth-order valence-electron chi connectivity index (χ4n) is 10.3. The SMILES string of the molecule is CC1(C)c2cccc(-c3ccccc3N(c3ccc(-c4ccccc4)cc3)c3ccc4c(c3)C(C)(c3ccccc3)c3ccccc3-4)c2-c2ccc3ccccc3c21. The molecule has 1 nitrogen and oxygen atoms in total. The highest BCUT2D eigenvalue weighted by Gasteiger charge is 2.42. The zero-order chi connectivity index (χ0) is 39.0. The number of anilines is 3. The summed E-state index contributed by atoms with van der Waals surface area (Å²) in [6, 6.07) is 76.4. The van der Waals surface area contributed by atoms with E-state index in [1.54, 1.807) is 0 Å². The van der Waals surface area contributed by atoms with E-state index in [0.717, 1.165) is 17.1 Å². The largest absolute Gasteiger partial charge is 0.310 e. The van der Waals surface area contributed by atoms with E-state index in [1.807, 2.05) is 0 Å². The average Bonchev–Trinajstić information content (AvgIpc) is 3.69. The van der Waals surface area contributed by atoms with Crippen molar-refractivity contribution in [3.63, 3.8) is 0 Å². The Morgan fingerprint density at radius 2 is 0.966 bits per heavy atom. The third kappa shape index (κ3) is 5.03. The molecule has 0 saturated heterocycles. The van der Waals surface area contributed by atoms with E-state index >= 15 is 0 Å². The third-order valence-electron chi connectivity index (χ3n) is 13.1. The Morgan fingerprint density at radius 3 is 1.78 bits per heavy atom. The van der Waals surface area contributed by atoms with Crippen LogP contribution in [0.5, 0.6) is 0 Å². The van der Waals surface area contributed by atoms with Crippen molar-refractivity contribution in [1.82, 2.24) is 0 Å². The molecule has 1 atom stereocenters. The molecular weight excluding hydrogens is 699 g/mol. The predicted octanol–water partition coefficient (Wildman–Crippen LogP) is 15.3. The van der Waals surface area contributed by atoms with Crippen LogP contribution in [0.25, 0.3) is 55.3 Å². The first-order chi connectivity index (χ1) is 28.4. The summed E-state index contributed by atoms with van der Waals surface area (Å²) in [5.74, 6) is 0. The lowest BCUT2D eigenvalue weighted by molar-refractivity contribution is 0.666. The molecule has 0 aliphatic heterocycles. The first kappa shape index (κ1) is 34.3. The van der Waals surface area contributed by atoms with Crippen molar-refractivity contribution in [3.05, 3.63) is 234 Å². The average molecular weight is 742 g/mol. The summed E-state index contributed by atoms with van der Waals surface area (Å²) in [6.45, 7) is 7.19. The van der Waals surface area contributed by atoms with Crippen LogP contribution in [0.2, 0.25) is 0 Å². The maximum Gasteiger partial charge on any atom is 0.0540 e. The van der Waals surface area contributed by atoms with E-state index < -0.39 is 0 Å². The van der Waals surface area contributed by atoms with Crippen LogP contribution in [0, 0.1) is 0 Å². The molecule has 0 aromatic heterocycles. The summed E-state index contributed by atoms with van der Waals surface area (Å²) in [7, 11) is 0. The predicted molar refractivity (Wildman–Crippen MR) is 245 cm³/mol. The third-order valence-corrected chi connectivity index (χ3v) is 13.1. The first-order valence-corrected chi connectivity index (χ1v) is 20.4. The zero-order valence-electron chi connectivity index (χ0n) is 33.1. The van der Waals surface area contributed by atoms with Crippen molar-refractivity contribution in [1.29, 1.82) is 0 Å². The van der Waals surface area contributed by atoms with Gasteiger partial charge in [0.2, 0.25) is 0 Å². The Kier molecular flexibility index (Phi) is 7.72. The molecule has 1 heteroatoms. The summed E-state index contributed by atoms with van der Waals surface area (Å²) >= 11 is 0. The molecular formula is C57H43N. The number of nitrogens with zero attached hydrogens (tertiary/aromatic N) is 1. The van der Waals surface area contributed by atoms with Crippen LogP contribution in [-0.2, 0) is 10.8 Å². The molecule has 0 spiro atoms. The highest BCUT2D eigenvalue weighted by Crippen LogP contribution is 2.57. The topological polar surface area (TPSA) is 3.24 Å². The van der Waals surface area contributed by atoms with Crippen LogP contribution in [0.4, 0.5) is 17.1 Å². The maximum absolute atomic E-state index is 2.49. The van der Waals surface area contributed by atoms with E-state index in [2.05, 4.69) is 232 Å². The Morgan fingerprint density at radius 1 is 0.379 bits per heavy atom. The van der Waals surface area contributed by atoms with Gasteiger partial charge in [0, 0.05) is 27.8 Å². The summed E-state index contributed by atoms with van der Waals surface area (Å²) in [5, 5.41) is 2.62. The Labute approximate surface area is 341 Å². The zero-order valence-corrected chi connectivity index (χ0v) is 33.1. The van der Waals surface area contributed by atoms with Gasteiger partial charge in [-0.2, -0.15) is 0 Å². The first-order valence-electron chi connectivity index (χ1n) is 20.4. The molecule has 0 radical (unpaired) electrons. The van der Waals surface area contributed by atoms with E-state index in [9.17, 15) is 0 Å². The van der Waals surface area contributed by atoms with Gasteiger partial charge in [-0.3, -0.25) is 0 Å². The smallest absolute Gasteiger partial charge is 0.0540 e. The van der Waals surface area contributed by atoms with Gasteiger partial charge in [0.15, 0.2) is 0 Å². The molecule has 0 amide bonds. The van der Waals surface area contributed by atoms with Crippen molar-refractivity contribution in [2.75, 3.05) is 4.90 Å². The lowest BCUT2D eigenvalue weighted by atomic mass is 9.74. The molecule has 9 aromatic rings. The Hall–Kier alpha value is -6.96. The van der Waals surface area contributed by atoms with Crippen molar-refractivity contribution >= 4 is 27.8 Å². The van der Waals surface area contributed by atoms with Crippen LogP contribution in [0.1, 0.15) is 48.6 Å². The second-order valence-electron chi connectivity index (χ2n) is 16.6. The van der Waals surface area contributed by atoms with Crippen LogP contribution < -0.4 is 4.90 Å². The number of benzene rings is 9. The fraction of sp³-hybridized carbons (Fsp3) is 0.0877. The number of rotatable bonds is 6. The normalized spacial score (nSPS) is 15.7. The van der Waals surface area contributed by atoms with Crippen molar-refractivity contribution in [3.8, 4) is 44.5 Å². The highest BCUT2D eigenvalue weighted by atomic mass is 15.1. The summed E-state index contributed by atoms with van der Waals surface area (Å²) < 4.78 is 0. The molecule has 0 fully saturated rings. The molecule has 2 aliphatic carbocycles. The van der Waals surface area contributed by atoms with Gasteiger partial charge in [-0.05, 0) is 115 Å². The van der Waals surface area contributed by atoms with Gasteiger partial charge in [0.05, 0.1) is 5.69 Å². The lowest BCUT2D eigenvalue weighted by Gasteiger charge is -2.32. The minimum absolute atomic E-state index is 0.152. The number of hydrogen-bond acceptors (Lipinski definition) is 1. The highest BCUT2D eigenvalue weighted by molar-refractivity contribution is 6.03. The van der Waals surface area contributed by atoms with Gasteiger partial charge in [-0.25, -0.2) is 0 Å². The van der Waals surface area contributed by atoms with Gasteiger partial charge in [0.25, 0.3) is 0 Å². The van der Waals surface area contributed by atoms with Crippen LogP contribution in [-0.4, -0.2) is 0 Å². The van der Waals surface area contributed by atoms with Gasteiger partial charge in [-0.15, -0.1) is 0 Å². The lowest BCUT2D eigenvalue weighted by Crippen LogP contribution is -2.22. The van der Waals surface area contributed by atoms with Crippen molar-refractivity contribution in [2.24, 2.45) is 0 Å². The monoisotopic (exact) mass is 741 g/mol. The molecule has 0 saturated carbocycles. The molecule has 0 heterocycles. The Bertz CT molecular complexity index is 3030. The molecule has 276 valence electrons. The summed E-state index contributed by atoms with van der Waals surface area (Å²) in [4.78, 5) is 2.49. The summed E-state index contributed by atoms with van der Waals surface area (Å²) in [6.07, 6.45) is 0. The number of para-hydroxylation sites is 1. The van der Waals surface area contributed by atoms with Crippen LogP contribution >= 0.6 is 0 Å². The van der Waals surface area contributed by atoms with Gasteiger partial charge in [-0.1, -0.05) is 190 Å². The minimum atomic E-state index is -0.316.